The van der Waals surface area contributed by atoms with Crippen molar-refractivity contribution in [3.8, 4) is 6.07 Å². The van der Waals surface area contributed by atoms with Crippen molar-refractivity contribution in [2.24, 2.45) is 0 Å². The summed E-state index contributed by atoms with van der Waals surface area (Å²) >= 11 is 0. The standard InChI is InChI=1S/C11H20N2/c1-3-11(2,10-12)13-8-6-4-5-7-9-13/h3-9H2,1-2H3. The zero-order valence-corrected chi connectivity index (χ0v) is 8.84. The zero-order valence-electron chi connectivity index (χ0n) is 8.84. The lowest BCUT2D eigenvalue weighted by molar-refractivity contribution is 0.153. The first-order valence-electron chi connectivity index (χ1n) is 5.39. The molecule has 1 unspecified atom stereocenters. The molecule has 1 aliphatic rings. The van der Waals surface area contributed by atoms with E-state index in [1.54, 1.807) is 0 Å². The first-order chi connectivity index (χ1) is 6.23. The van der Waals surface area contributed by atoms with E-state index in [-0.39, 0.29) is 5.54 Å². The van der Waals surface area contributed by atoms with E-state index < -0.39 is 0 Å². The molecule has 1 saturated heterocycles. The van der Waals surface area contributed by atoms with Gasteiger partial charge < -0.3 is 0 Å². The van der Waals surface area contributed by atoms with E-state index in [9.17, 15) is 0 Å². The Balaban J connectivity index is 2.62. The first kappa shape index (κ1) is 10.5. The summed E-state index contributed by atoms with van der Waals surface area (Å²) in [5, 5.41) is 9.14. The Morgan fingerprint density at radius 1 is 1.23 bits per heavy atom. The van der Waals surface area contributed by atoms with E-state index in [2.05, 4.69) is 24.8 Å². The van der Waals surface area contributed by atoms with Crippen LogP contribution in [0.1, 0.15) is 46.0 Å². The predicted octanol–water partition coefficient (Wildman–Crippen LogP) is 2.55. The normalized spacial score (nSPS) is 24.4. The maximum Gasteiger partial charge on any atom is 0.106 e. The van der Waals surface area contributed by atoms with Crippen molar-refractivity contribution in [1.82, 2.24) is 4.90 Å². The molecule has 1 rings (SSSR count). The van der Waals surface area contributed by atoms with Gasteiger partial charge in [-0.05, 0) is 39.3 Å². The molecular weight excluding hydrogens is 160 g/mol. The highest BCUT2D eigenvalue weighted by molar-refractivity contribution is 5.04. The van der Waals surface area contributed by atoms with Crippen LogP contribution in [0.4, 0.5) is 0 Å². The van der Waals surface area contributed by atoms with Crippen LogP contribution in [0.3, 0.4) is 0 Å². The Kier molecular flexibility index (Phi) is 3.74. The third kappa shape index (κ3) is 2.45. The summed E-state index contributed by atoms with van der Waals surface area (Å²) in [7, 11) is 0. The fourth-order valence-corrected chi connectivity index (χ4v) is 1.94. The molecule has 2 nitrogen and oxygen atoms in total. The minimum atomic E-state index is -0.218. The maximum absolute atomic E-state index is 9.14. The summed E-state index contributed by atoms with van der Waals surface area (Å²) in [6, 6.07) is 2.45. The van der Waals surface area contributed by atoms with Crippen molar-refractivity contribution in [3.05, 3.63) is 0 Å². The van der Waals surface area contributed by atoms with Gasteiger partial charge in [0, 0.05) is 0 Å². The molecule has 0 aliphatic carbocycles. The van der Waals surface area contributed by atoms with Gasteiger partial charge in [-0.2, -0.15) is 5.26 Å². The van der Waals surface area contributed by atoms with E-state index >= 15 is 0 Å². The van der Waals surface area contributed by atoms with Gasteiger partial charge in [-0.1, -0.05) is 19.8 Å². The molecule has 1 fully saturated rings. The smallest absolute Gasteiger partial charge is 0.106 e. The van der Waals surface area contributed by atoms with Crippen LogP contribution in [0.15, 0.2) is 0 Å². The topological polar surface area (TPSA) is 27.0 Å². The lowest BCUT2D eigenvalue weighted by Gasteiger charge is -2.34. The van der Waals surface area contributed by atoms with Crippen molar-refractivity contribution in [2.45, 2.75) is 51.5 Å². The van der Waals surface area contributed by atoms with Gasteiger partial charge in [0.1, 0.15) is 5.54 Å². The molecule has 0 N–H and O–H groups in total. The second-order valence-corrected chi connectivity index (χ2v) is 4.14. The highest BCUT2D eigenvalue weighted by atomic mass is 15.2. The van der Waals surface area contributed by atoms with Gasteiger partial charge in [0.25, 0.3) is 0 Å². The van der Waals surface area contributed by atoms with Gasteiger partial charge in [0.05, 0.1) is 6.07 Å². The Morgan fingerprint density at radius 3 is 2.15 bits per heavy atom. The molecule has 0 aromatic rings. The molecule has 0 bridgehead atoms. The van der Waals surface area contributed by atoms with Gasteiger partial charge in [0.2, 0.25) is 0 Å². The summed E-state index contributed by atoms with van der Waals surface area (Å²) in [4.78, 5) is 2.36. The zero-order chi connectivity index (χ0) is 9.73. The van der Waals surface area contributed by atoms with Crippen LogP contribution < -0.4 is 0 Å². The molecule has 0 aromatic heterocycles. The quantitative estimate of drug-likeness (QED) is 0.653. The van der Waals surface area contributed by atoms with Crippen LogP contribution >= 0.6 is 0 Å². The number of nitrogens with zero attached hydrogens (tertiary/aromatic N) is 2. The lowest BCUT2D eigenvalue weighted by atomic mass is 9.98. The second kappa shape index (κ2) is 4.62. The van der Waals surface area contributed by atoms with Crippen LogP contribution in [0.25, 0.3) is 0 Å². The van der Waals surface area contributed by atoms with E-state index in [1.807, 2.05) is 0 Å². The van der Waals surface area contributed by atoms with Crippen molar-refractivity contribution >= 4 is 0 Å². The maximum atomic E-state index is 9.14. The molecule has 0 amide bonds. The summed E-state index contributed by atoms with van der Waals surface area (Å²) < 4.78 is 0. The molecule has 1 atom stereocenters. The Hall–Kier alpha value is -0.550. The molecule has 1 aliphatic heterocycles. The molecule has 74 valence electrons. The van der Waals surface area contributed by atoms with Crippen molar-refractivity contribution in [2.75, 3.05) is 13.1 Å². The van der Waals surface area contributed by atoms with Gasteiger partial charge in [-0.3, -0.25) is 4.90 Å². The van der Waals surface area contributed by atoms with Crippen molar-refractivity contribution in [3.63, 3.8) is 0 Å². The summed E-state index contributed by atoms with van der Waals surface area (Å²) in [6.07, 6.45) is 6.13. The fraction of sp³-hybridized carbons (Fsp3) is 0.909. The van der Waals surface area contributed by atoms with Gasteiger partial charge >= 0.3 is 0 Å². The molecule has 13 heavy (non-hydrogen) atoms. The molecule has 0 spiro atoms. The average Bonchev–Trinajstić information content (AvgIpc) is 2.45. The van der Waals surface area contributed by atoms with Crippen LogP contribution in [-0.2, 0) is 0 Å². The van der Waals surface area contributed by atoms with E-state index in [0.29, 0.717) is 0 Å². The second-order valence-electron chi connectivity index (χ2n) is 4.14. The fourth-order valence-electron chi connectivity index (χ4n) is 1.94. The molecule has 0 saturated carbocycles. The third-order valence-electron chi connectivity index (χ3n) is 3.23. The van der Waals surface area contributed by atoms with Crippen LogP contribution in [-0.4, -0.2) is 23.5 Å². The number of hydrogen-bond donors (Lipinski definition) is 0. The third-order valence-corrected chi connectivity index (χ3v) is 3.23. The number of nitriles is 1. The minimum Gasteiger partial charge on any atom is -0.286 e. The highest BCUT2D eigenvalue weighted by Crippen LogP contribution is 2.22. The van der Waals surface area contributed by atoms with Crippen molar-refractivity contribution in [1.29, 1.82) is 5.26 Å². The Labute approximate surface area is 81.5 Å². The van der Waals surface area contributed by atoms with Crippen LogP contribution in [0, 0.1) is 11.3 Å². The van der Waals surface area contributed by atoms with Gasteiger partial charge in [-0.15, -0.1) is 0 Å². The predicted molar refractivity (Wildman–Crippen MR) is 54.4 cm³/mol. The number of likely N-dealkylation sites (tertiary alicyclic amines) is 1. The molecule has 1 heterocycles. The van der Waals surface area contributed by atoms with E-state index in [0.717, 1.165) is 19.5 Å². The highest BCUT2D eigenvalue weighted by Gasteiger charge is 2.29. The molecular formula is C11H20N2. The van der Waals surface area contributed by atoms with E-state index in [1.165, 1.54) is 25.7 Å². The number of rotatable bonds is 2. The van der Waals surface area contributed by atoms with Crippen molar-refractivity contribution < 1.29 is 0 Å². The van der Waals surface area contributed by atoms with Crippen LogP contribution in [0.2, 0.25) is 0 Å². The summed E-state index contributed by atoms with van der Waals surface area (Å²) in [5.74, 6) is 0. The number of hydrogen-bond acceptors (Lipinski definition) is 2. The molecule has 0 aromatic carbocycles. The Morgan fingerprint density at radius 2 is 1.77 bits per heavy atom. The Bertz CT molecular complexity index is 187. The largest absolute Gasteiger partial charge is 0.286 e. The molecule has 0 radical (unpaired) electrons. The SMILES string of the molecule is CCC(C)(C#N)N1CCCCCC1. The summed E-state index contributed by atoms with van der Waals surface area (Å²) in [5.41, 5.74) is -0.218. The van der Waals surface area contributed by atoms with E-state index in [4.69, 9.17) is 5.26 Å². The van der Waals surface area contributed by atoms with Gasteiger partial charge in [-0.25, -0.2) is 0 Å². The monoisotopic (exact) mass is 180 g/mol. The van der Waals surface area contributed by atoms with Gasteiger partial charge in [0.15, 0.2) is 0 Å². The first-order valence-corrected chi connectivity index (χ1v) is 5.39. The minimum absolute atomic E-state index is 0.218. The molecule has 2 heteroatoms. The average molecular weight is 180 g/mol. The van der Waals surface area contributed by atoms with Crippen LogP contribution in [0.5, 0.6) is 0 Å². The lowest BCUT2D eigenvalue weighted by Crippen LogP contribution is -2.45. The summed E-state index contributed by atoms with van der Waals surface area (Å²) in [6.45, 7) is 6.39.